The summed E-state index contributed by atoms with van der Waals surface area (Å²) in [7, 11) is 0. The lowest BCUT2D eigenvalue weighted by Crippen LogP contribution is -2.44. The van der Waals surface area contributed by atoms with Gasteiger partial charge < -0.3 is 20.1 Å². The first kappa shape index (κ1) is 25.5. The monoisotopic (exact) mass is 516 g/mol. The Morgan fingerprint density at radius 3 is 2.68 bits per heavy atom. The zero-order chi connectivity index (χ0) is 26.8. The quantitative estimate of drug-likeness (QED) is 0.478. The molecule has 1 unspecified atom stereocenters. The lowest BCUT2D eigenvalue weighted by molar-refractivity contribution is -0.132. The highest BCUT2D eigenvalue weighted by atomic mass is 16.5. The number of amides is 2. The van der Waals surface area contributed by atoms with Crippen LogP contribution in [0.4, 0.5) is 0 Å². The van der Waals surface area contributed by atoms with Gasteiger partial charge in [0.2, 0.25) is 11.8 Å². The standard InChI is InChI=1S/C28H32N6O4/c1-17(2)37-25-12-22-21(11-23(25)27(30)36)24(18-13-32-34(15-18)19-5-3-6-19)14-31-28(22)38-20-7-4-10-33(16-20)26(35)8-9-29/h11-15,17,19-20H,3-8,10,16H2,1-2H3,(H2,30,36). The molecule has 2 fully saturated rings. The maximum absolute atomic E-state index is 12.4. The fourth-order valence-corrected chi connectivity index (χ4v) is 5.04. The van der Waals surface area contributed by atoms with Crippen LogP contribution in [0.3, 0.4) is 0 Å². The van der Waals surface area contributed by atoms with Crippen LogP contribution in [0.15, 0.2) is 30.7 Å². The summed E-state index contributed by atoms with van der Waals surface area (Å²) in [6, 6.07) is 5.84. The minimum Gasteiger partial charge on any atom is -0.490 e. The Bertz CT molecular complexity index is 1400. The Labute approximate surface area is 221 Å². The molecule has 3 aromatic rings. The van der Waals surface area contributed by atoms with Gasteiger partial charge in [0.05, 0.1) is 36.5 Å². The van der Waals surface area contributed by atoms with Gasteiger partial charge in [-0.2, -0.15) is 10.4 Å². The predicted octanol–water partition coefficient (Wildman–Crippen LogP) is 3.99. The Morgan fingerprint density at radius 2 is 2.00 bits per heavy atom. The lowest BCUT2D eigenvalue weighted by atomic mass is 9.93. The van der Waals surface area contributed by atoms with Crippen LogP contribution in [0.2, 0.25) is 0 Å². The number of fused-ring (bicyclic) bond motifs is 1. The van der Waals surface area contributed by atoms with E-state index in [1.807, 2.05) is 37.0 Å². The summed E-state index contributed by atoms with van der Waals surface area (Å²) in [6.45, 7) is 4.75. The van der Waals surface area contributed by atoms with Gasteiger partial charge in [-0.05, 0) is 63.5 Å². The minimum absolute atomic E-state index is 0.150. The first-order valence-corrected chi connectivity index (χ1v) is 13.1. The molecular weight excluding hydrogens is 484 g/mol. The third-order valence-electron chi connectivity index (χ3n) is 7.18. The zero-order valence-electron chi connectivity index (χ0n) is 21.7. The maximum atomic E-state index is 12.4. The Morgan fingerprint density at radius 1 is 1.18 bits per heavy atom. The van der Waals surface area contributed by atoms with E-state index >= 15 is 0 Å². The molecule has 1 atom stereocenters. The van der Waals surface area contributed by atoms with Gasteiger partial charge in [-0.3, -0.25) is 14.3 Å². The third-order valence-corrected chi connectivity index (χ3v) is 7.18. The number of aromatic nitrogens is 3. The van der Waals surface area contributed by atoms with Gasteiger partial charge in [0, 0.05) is 35.5 Å². The van der Waals surface area contributed by atoms with Crippen LogP contribution in [0, 0.1) is 11.3 Å². The second-order valence-corrected chi connectivity index (χ2v) is 10.3. The van der Waals surface area contributed by atoms with Gasteiger partial charge in [-0.1, -0.05) is 0 Å². The summed E-state index contributed by atoms with van der Waals surface area (Å²) >= 11 is 0. The van der Waals surface area contributed by atoms with E-state index in [4.69, 9.17) is 20.5 Å². The number of pyridine rings is 1. The molecule has 198 valence electrons. The molecule has 1 aliphatic heterocycles. The zero-order valence-corrected chi connectivity index (χ0v) is 21.7. The summed E-state index contributed by atoms with van der Waals surface area (Å²) in [5.74, 6) is -0.0317. The summed E-state index contributed by atoms with van der Waals surface area (Å²) in [4.78, 5) is 31.1. The number of hydrogen-bond donors (Lipinski definition) is 1. The molecular formula is C28H32N6O4. The second kappa shape index (κ2) is 10.7. The van der Waals surface area contributed by atoms with E-state index in [9.17, 15) is 9.59 Å². The average Bonchev–Trinajstić information content (AvgIpc) is 3.32. The highest BCUT2D eigenvalue weighted by Gasteiger charge is 2.27. The molecule has 10 nitrogen and oxygen atoms in total. The molecule has 2 amide bonds. The lowest BCUT2D eigenvalue weighted by Gasteiger charge is -2.32. The number of nitriles is 1. The van der Waals surface area contributed by atoms with Gasteiger partial charge in [0.1, 0.15) is 18.3 Å². The van der Waals surface area contributed by atoms with E-state index in [0.717, 1.165) is 42.2 Å². The van der Waals surface area contributed by atoms with Crippen LogP contribution in [0.1, 0.15) is 68.8 Å². The molecule has 1 aliphatic carbocycles. The summed E-state index contributed by atoms with van der Waals surface area (Å²) in [6.07, 6.45) is 9.92. The number of rotatable bonds is 8. The molecule has 1 saturated heterocycles. The largest absolute Gasteiger partial charge is 0.490 e. The number of benzene rings is 1. The minimum atomic E-state index is -0.586. The van der Waals surface area contributed by atoms with Gasteiger partial charge in [0.25, 0.3) is 5.91 Å². The highest BCUT2D eigenvalue weighted by molar-refractivity contribution is 6.06. The van der Waals surface area contributed by atoms with Crippen molar-refractivity contribution in [3.05, 3.63) is 36.3 Å². The van der Waals surface area contributed by atoms with Crippen molar-refractivity contribution < 1.29 is 19.1 Å². The Kier molecular flexibility index (Phi) is 7.18. The van der Waals surface area contributed by atoms with Crippen LogP contribution < -0.4 is 15.2 Å². The second-order valence-electron chi connectivity index (χ2n) is 10.3. The van der Waals surface area contributed by atoms with E-state index in [1.165, 1.54) is 6.42 Å². The predicted molar refractivity (Wildman–Crippen MR) is 141 cm³/mol. The number of hydrogen-bond acceptors (Lipinski definition) is 7. The van der Waals surface area contributed by atoms with Crippen molar-refractivity contribution in [2.24, 2.45) is 5.73 Å². The smallest absolute Gasteiger partial charge is 0.252 e. The summed E-state index contributed by atoms with van der Waals surface area (Å²) in [5.41, 5.74) is 7.73. The molecule has 0 radical (unpaired) electrons. The van der Waals surface area contributed by atoms with E-state index in [-0.39, 0.29) is 30.1 Å². The average molecular weight is 517 g/mol. The van der Waals surface area contributed by atoms with E-state index in [1.54, 1.807) is 23.2 Å². The number of piperidine rings is 1. The van der Waals surface area contributed by atoms with Crippen molar-refractivity contribution in [3.8, 4) is 28.8 Å². The van der Waals surface area contributed by atoms with Crippen molar-refractivity contribution in [1.82, 2.24) is 19.7 Å². The number of nitrogens with zero attached hydrogens (tertiary/aromatic N) is 5. The SMILES string of the molecule is CC(C)Oc1cc2c(OC3CCCN(C(=O)CC#N)C3)ncc(-c3cnn(C4CCC4)c3)c2cc1C(N)=O. The highest BCUT2D eigenvalue weighted by Crippen LogP contribution is 2.39. The van der Waals surface area contributed by atoms with Crippen LogP contribution >= 0.6 is 0 Å². The number of nitrogens with two attached hydrogens (primary N) is 1. The summed E-state index contributed by atoms with van der Waals surface area (Å²) in [5, 5.41) is 14.9. The number of likely N-dealkylation sites (tertiary alicyclic amines) is 1. The number of carbonyl (C=O) groups excluding carboxylic acids is 2. The van der Waals surface area contributed by atoms with Crippen molar-refractivity contribution in [3.63, 3.8) is 0 Å². The molecule has 0 bridgehead atoms. The summed E-state index contributed by atoms with van der Waals surface area (Å²) < 4.78 is 14.3. The first-order chi connectivity index (χ1) is 18.3. The normalized spacial score (nSPS) is 17.7. The molecule has 10 heteroatoms. The fraction of sp³-hybridized carbons (Fsp3) is 0.464. The molecule has 38 heavy (non-hydrogen) atoms. The molecule has 2 aliphatic rings. The van der Waals surface area contributed by atoms with Gasteiger partial charge in [-0.15, -0.1) is 0 Å². The van der Waals surface area contributed by atoms with Gasteiger partial charge in [0.15, 0.2) is 0 Å². The first-order valence-electron chi connectivity index (χ1n) is 13.1. The van der Waals surface area contributed by atoms with E-state index < -0.39 is 5.91 Å². The van der Waals surface area contributed by atoms with E-state index in [2.05, 4.69) is 10.1 Å². The molecule has 1 saturated carbocycles. The van der Waals surface area contributed by atoms with Crippen LogP contribution in [-0.2, 0) is 4.79 Å². The molecule has 2 N–H and O–H groups in total. The van der Waals surface area contributed by atoms with Crippen LogP contribution in [0.25, 0.3) is 21.9 Å². The molecule has 1 aromatic carbocycles. The molecule has 2 aromatic heterocycles. The van der Waals surface area contributed by atoms with Gasteiger partial charge >= 0.3 is 0 Å². The molecule has 5 rings (SSSR count). The van der Waals surface area contributed by atoms with Crippen LogP contribution in [0.5, 0.6) is 11.6 Å². The van der Waals surface area contributed by atoms with Crippen molar-refractivity contribution >= 4 is 22.6 Å². The Hall–Kier alpha value is -4.13. The maximum Gasteiger partial charge on any atom is 0.252 e. The van der Waals surface area contributed by atoms with Crippen LogP contribution in [-0.4, -0.2) is 56.8 Å². The van der Waals surface area contributed by atoms with Gasteiger partial charge in [-0.25, -0.2) is 4.98 Å². The van der Waals surface area contributed by atoms with E-state index in [0.29, 0.717) is 36.1 Å². The van der Waals surface area contributed by atoms with Crippen molar-refractivity contribution in [2.45, 2.75) is 70.6 Å². The number of carbonyl (C=O) groups is 2. The van der Waals surface area contributed by atoms with Crippen molar-refractivity contribution in [1.29, 1.82) is 5.26 Å². The number of ether oxygens (including phenoxy) is 2. The topological polar surface area (TPSA) is 136 Å². The Balaban J connectivity index is 1.56. The fourth-order valence-electron chi connectivity index (χ4n) is 5.04. The van der Waals surface area contributed by atoms with Crippen molar-refractivity contribution in [2.75, 3.05) is 13.1 Å². The number of primary amides is 1. The molecule has 3 heterocycles. The third kappa shape index (κ3) is 5.14. The molecule has 0 spiro atoms.